The first-order chi connectivity index (χ1) is 11.7. The standard InChI is InChI=1S/C17H21N5O2/c23-15-8-7-12(11-18-15)17(24)21-10-4-5-13(21)16-20-19-14-6-2-1-3-9-22(14)16/h7-8,11,13H,1-6,9-10H2,(H,18,23)/t13-/m0/s1. The van der Waals surface area contributed by atoms with E-state index in [9.17, 15) is 9.59 Å². The number of aromatic amines is 1. The minimum Gasteiger partial charge on any atom is -0.328 e. The second-order valence-electron chi connectivity index (χ2n) is 6.53. The van der Waals surface area contributed by atoms with Gasteiger partial charge in [0.2, 0.25) is 5.56 Å². The molecule has 2 aromatic heterocycles. The zero-order chi connectivity index (χ0) is 16.5. The van der Waals surface area contributed by atoms with E-state index < -0.39 is 0 Å². The number of nitrogens with one attached hydrogen (secondary N) is 1. The van der Waals surface area contributed by atoms with E-state index in [2.05, 4.69) is 19.7 Å². The van der Waals surface area contributed by atoms with Crippen LogP contribution < -0.4 is 5.56 Å². The smallest absolute Gasteiger partial charge is 0.255 e. The molecule has 1 saturated heterocycles. The Morgan fingerprint density at radius 1 is 1.12 bits per heavy atom. The third-order valence-electron chi connectivity index (χ3n) is 4.98. The summed E-state index contributed by atoms with van der Waals surface area (Å²) in [6.07, 6.45) is 7.84. The second kappa shape index (κ2) is 6.22. The molecule has 0 bridgehead atoms. The van der Waals surface area contributed by atoms with Crippen LogP contribution in [0.3, 0.4) is 0 Å². The van der Waals surface area contributed by atoms with Gasteiger partial charge in [0.1, 0.15) is 5.82 Å². The number of amides is 1. The van der Waals surface area contributed by atoms with Crippen molar-refractivity contribution in [2.75, 3.05) is 6.54 Å². The van der Waals surface area contributed by atoms with Gasteiger partial charge in [0.05, 0.1) is 11.6 Å². The summed E-state index contributed by atoms with van der Waals surface area (Å²) in [7, 11) is 0. The van der Waals surface area contributed by atoms with Gasteiger partial charge in [-0.2, -0.15) is 0 Å². The van der Waals surface area contributed by atoms with Crippen molar-refractivity contribution in [3.05, 3.63) is 45.9 Å². The summed E-state index contributed by atoms with van der Waals surface area (Å²) in [5, 5.41) is 8.79. The van der Waals surface area contributed by atoms with Crippen molar-refractivity contribution >= 4 is 5.91 Å². The van der Waals surface area contributed by atoms with E-state index in [1.54, 1.807) is 6.07 Å². The van der Waals surface area contributed by atoms with Crippen LogP contribution in [0, 0.1) is 0 Å². The number of hydrogen-bond donors (Lipinski definition) is 1. The third-order valence-corrected chi connectivity index (χ3v) is 4.98. The molecule has 24 heavy (non-hydrogen) atoms. The van der Waals surface area contributed by atoms with Crippen molar-refractivity contribution in [3.63, 3.8) is 0 Å². The quantitative estimate of drug-likeness (QED) is 0.909. The summed E-state index contributed by atoms with van der Waals surface area (Å²) in [5.74, 6) is 1.91. The molecule has 1 atom stereocenters. The molecular weight excluding hydrogens is 306 g/mol. The maximum Gasteiger partial charge on any atom is 0.255 e. The van der Waals surface area contributed by atoms with Crippen LogP contribution in [0.4, 0.5) is 0 Å². The Bertz CT molecular complexity index is 789. The molecule has 2 aliphatic heterocycles. The lowest BCUT2D eigenvalue weighted by molar-refractivity contribution is 0.0726. The Morgan fingerprint density at radius 2 is 2.04 bits per heavy atom. The molecule has 1 fully saturated rings. The van der Waals surface area contributed by atoms with E-state index in [1.807, 2.05) is 4.90 Å². The number of aryl methyl sites for hydroxylation is 1. The first-order valence-corrected chi connectivity index (χ1v) is 8.66. The topological polar surface area (TPSA) is 83.9 Å². The van der Waals surface area contributed by atoms with Crippen LogP contribution in [0.15, 0.2) is 23.1 Å². The van der Waals surface area contributed by atoms with Crippen molar-refractivity contribution in [1.82, 2.24) is 24.6 Å². The van der Waals surface area contributed by atoms with Crippen LogP contribution in [-0.4, -0.2) is 37.1 Å². The van der Waals surface area contributed by atoms with Gasteiger partial charge in [-0.25, -0.2) is 0 Å². The highest BCUT2D eigenvalue weighted by Crippen LogP contribution is 2.33. The Balaban J connectivity index is 1.63. The molecule has 2 aliphatic rings. The maximum atomic E-state index is 12.8. The lowest BCUT2D eigenvalue weighted by Crippen LogP contribution is -2.32. The number of aromatic nitrogens is 4. The van der Waals surface area contributed by atoms with Gasteiger partial charge in [-0.3, -0.25) is 9.59 Å². The molecule has 0 unspecified atom stereocenters. The SMILES string of the molecule is O=C(c1ccc(=O)[nH]c1)N1CCC[C@H]1c1nnc2n1CCCCC2. The van der Waals surface area contributed by atoms with E-state index in [0.717, 1.165) is 50.3 Å². The van der Waals surface area contributed by atoms with E-state index in [4.69, 9.17) is 0 Å². The number of carbonyl (C=O) groups is 1. The molecule has 1 N–H and O–H groups in total. The summed E-state index contributed by atoms with van der Waals surface area (Å²) < 4.78 is 2.22. The molecule has 4 rings (SSSR count). The first-order valence-electron chi connectivity index (χ1n) is 8.66. The number of H-pyrrole nitrogens is 1. The fourth-order valence-electron chi connectivity index (χ4n) is 3.74. The summed E-state index contributed by atoms with van der Waals surface area (Å²) >= 11 is 0. The van der Waals surface area contributed by atoms with Gasteiger partial charge >= 0.3 is 0 Å². The summed E-state index contributed by atoms with van der Waals surface area (Å²) in [4.78, 5) is 28.5. The number of nitrogens with zero attached hydrogens (tertiary/aromatic N) is 4. The Hall–Kier alpha value is -2.44. The number of pyridine rings is 1. The van der Waals surface area contributed by atoms with Gasteiger partial charge in [-0.05, 0) is 31.7 Å². The van der Waals surface area contributed by atoms with Crippen molar-refractivity contribution in [2.45, 2.75) is 51.1 Å². The van der Waals surface area contributed by atoms with Crippen LogP contribution in [0.5, 0.6) is 0 Å². The number of hydrogen-bond acceptors (Lipinski definition) is 4. The van der Waals surface area contributed by atoms with Crippen LogP contribution in [0.1, 0.15) is 60.2 Å². The predicted molar refractivity (Wildman–Crippen MR) is 87.7 cm³/mol. The van der Waals surface area contributed by atoms with Gasteiger partial charge in [0, 0.05) is 31.8 Å². The van der Waals surface area contributed by atoms with E-state index in [1.165, 1.54) is 18.7 Å². The molecule has 4 heterocycles. The Morgan fingerprint density at radius 3 is 2.88 bits per heavy atom. The van der Waals surface area contributed by atoms with Gasteiger partial charge in [-0.15, -0.1) is 10.2 Å². The van der Waals surface area contributed by atoms with Crippen LogP contribution in [-0.2, 0) is 13.0 Å². The lowest BCUT2D eigenvalue weighted by atomic mass is 10.1. The van der Waals surface area contributed by atoms with Crippen molar-refractivity contribution in [3.8, 4) is 0 Å². The van der Waals surface area contributed by atoms with E-state index in [0.29, 0.717) is 12.1 Å². The summed E-state index contributed by atoms with van der Waals surface area (Å²) in [5.41, 5.74) is 0.310. The average molecular weight is 327 g/mol. The van der Waals surface area contributed by atoms with Crippen LogP contribution in [0.2, 0.25) is 0 Å². The molecule has 0 aliphatic carbocycles. The number of carbonyl (C=O) groups excluding carboxylic acids is 1. The van der Waals surface area contributed by atoms with Gasteiger partial charge in [0.25, 0.3) is 5.91 Å². The molecule has 1 amide bonds. The zero-order valence-corrected chi connectivity index (χ0v) is 13.6. The van der Waals surface area contributed by atoms with Crippen LogP contribution >= 0.6 is 0 Å². The molecular formula is C17H21N5O2. The lowest BCUT2D eigenvalue weighted by Gasteiger charge is -2.24. The largest absolute Gasteiger partial charge is 0.328 e. The van der Waals surface area contributed by atoms with E-state index >= 15 is 0 Å². The fourth-order valence-corrected chi connectivity index (χ4v) is 3.74. The molecule has 0 spiro atoms. The van der Waals surface area contributed by atoms with E-state index in [-0.39, 0.29) is 17.5 Å². The Labute approximate surface area is 139 Å². The summed E-state index contributed by atoms with van der Waals surface area (Å²) in [6, 6.07) is 2.95. The highest BCUT2D eigenvalue weighted by atomic mass is 16.2. The summed E-state index contributed by atoms with van der Waals surface area (Å²) in [6.45, 7) is 1.65. The van der Waals surface area contributed by atoms with Crippen molar-refractivity contribution in [2.24, 2.45) is 0 Å². The second-order valence-corrected chi connectivity index (χ2v) is 6.53. The molecule has 7 heteroatoms. The molecule has 126 valence electrons. The molecule has 7 nitrogen and oxygen atoms in total. The van der Waals surface area contributed by atoms with Crippen molar-refractivity contribution in [1.29, 1.82) is 0 Å². The van der Waals surface area contributed by atoms with Crippen molar-refractivity contribution < 1.29 is 4.79 Å². The molecule has 2 aromatic rings. The van der Waals surface area contributed by atoms with Gasteiger partial charge < -0.3 is 14.5 Å². The number of likely N-dealkylation sites (tertiary alicyclic amines) is 1. The number of fused-ring (bicyclic) bond motifs is 1. The zero-order valence-electron chi connectivity index (χ0n) is 13.6. The predicted octanol–water partition coefficient (Wildman–Crippen LogP) is 1.67. The highest BCUT2D eigenvalue weighted by molar-refractivity contribution is 5.94. The Kier molecular flexibility index (Phi) is 3.92. The molecule has 0 aromatic carbocycles. The monoisotopic (exact) mass is 327 g/mol. The van der Waals surface area contributed by atoms with Crippen LogP contribution in [0.25, 0.3) is 0 Å². The van der Waals surface area contributed by atoms with Gasteiger partial charge in [-0.1, -0.05) is 6.42 Å². The van der Waals surface area contributed by atoms with Gasteiger partial charge in [0.15, 0.2) is 5.82 Å². The minimum atomic E-state index is -0.202. The highest BCUT2D eigenvalue weighted by Gasteiger charge is 2.34. The molecule has 0 saturated carbocycles. The maximum absolute atomic E-state index is 12.8. The minimum absolute atomic E-state index is 0.0243. The molecule has 0 radical (unpaired) electrons. The normalized spacial score (nSPS) is 20.7. The first kappa shape index (κ1) is 15.1. The average Bonchev–Trinajstić information content (AvgIpc) is 3.16. The number of rotatable bonds is 2. The fraction of sp³-hybridized carbons (Fsp3) is 0.529. The third kappa shape index (κ3) is 2.64.